The van der Waals surface area contributed by atoms with Crippen molar-refractivity contribution in [1.82, 2.24) is 19.8 Å². The van der Waals surface area contributed by atoms with Crippen molar-refractivity contribution in [3.8, 4) is 5.69 Å². The molecule has 1 saturated heterocycles. The number of hydrogen-bond acceptors (Lipinski definition) is 4. The first-order valence-corrected chi connectivity index (χ1v) is 7.60. The molecule has 1 N–H and O–H groups in total. The molecule has 1 amide bonds. The van der Waals surface area contributed by atoms with Crippen LogP contribution in [0.25, 0.3) is 5.69 Å². The first kappa shape index (κ1) is 15.6. The van der Waals surface area contributed by atoms with E-state index >= 15 is 0 Å². The van der Waals surface area contributed by atoms with Crippen LogP contribution in [0.5, 0.6) is 0 Å². The van der Waals surface area contributed by atoms with Crippen LogP contribution in [-0.2, 0) is 4.74 Å². The van der Waals surface area contributed by atoms with Crippen LogP contribution in [0, 0.1) is 5.82 Å². The average molecular weight is 318 g/mol. The third kappa shape index (κ3) is 3.94. The topological polar surface area (TPSA) is 59.4 Å². The first-order chi connectivity index (χ1) is 11.2. The van der Waals surface area contributed by atoms with Crippen molar-refractivity contribution >= 4 is 5.91 Å². The fourth-order valence-corrected chi connectivity index (χ4v) is 2.56. The van der Waals surface area contributed by atoms with E-state index in [1.807, 2.05) is 0 Å². The van der Waals surface area contributed by atoms with Crippen LogP contribution in [0.2, 0.25) is 0 Å². The second-order valence-electron chi connectivity index (χ2n) is 5.34. The van der Waals surface area contributed by atoms with Crippen molar-refractivity contribution in [3.05, 3.63) is 48.3 Å². The Morgan fingerprint density at radius 3 is 2.91 bits per heavy atom. The van der Waals surface area contributed by atoms with E-state index in [4.69, 9.17) is 4.74 Å². The molecule has 7 heteroatoms. The summed E-state index contributed by atoms with van der Waals surface area (Å²) >= 11 is 0. The van der Waals surface area contributed by atoms with Gasteiger partial charge in [-0.1, -0.05) is 0 Å². The van der Waals surface area contributed by atoms with Gasteiger partial charge in [-0.25, -0.2) is 9.37 Å². The standard InChI is InChI=1S/C16H19FN4O2/c17-13-1-2-15(21-6-3-18-12-21)14(11-13)16(22)19-4-5-20-7-9-23-10-8-20/h1-3,6,11-12H,4-5,7-10H2,(H,19,22). The number of carbonyl (C=O) groups excluding carboxylic acids is 1. The number of aromatic nitrogens is 2. The highest BCUT2D eigenvalue weighted by Crippen LogP contribution is 2.16. The summed E-state index contributed by atoms with van der Waals surface area (Å²) in [5.74, 6) is -0.728. The molecule has 0 atom stereocenters. The third-order valence-electron chi connectivity index (χ3n) is 3.80. The van der Waals surface area contributed by atoms with Crippen LogP contribution in [0.15, 0.2) is 36.9 Å². The summed E-state index contributed by atoms with van der Waals surface area (Å²) in [4.78, 5) is 18.6. The summed E-state index contributed by atoms with van der Waals surface area (Å²) in [6.07, 6.45) is 4.92. The quantitative estimate of drug-likeness (QED) is 0.896. The molecular weight excluding hydrogens is 299 g/mol. The number of amides is 1. The van der Waals surface area contributed by atoms with E-state index in [9.17, 15) is 9.18 Å². The molecule has 2 aromatic rings. The Balaban J connectivity index is 1.65. The van der Waals surface area contributed by atoms with Crippen LogP contribution in [0.3, 0.4) is 0 Å². The van der Waals surface area contributed by atoms with Gasteiger partial charge in [0.15, 0.2) is 0 Å². The van der Waals surface area contributed by atoms with E-state index in [-0.39, 0.29) is 5.91 Å². The van der Waals surface area contributed by atoms with Crippen LogP contribution < -0.4 is 5.32 Å². The number of morpholine rings is 1. The highest BCUT2D eigenvalue weighted by molar-refractivity contribution is 5.97. The lowest BCUT2D eigenvalue weighted by Crippen LogP contribution is -2.41. The van der Waals surface area contributed by atoms with E-state index in [2.05, 4.69) is 15.2 Å². The number of ether oxygens (including phenoxy) is 1. The second kappa shape index (κ2) is 7.34. The van der Waals surface area contributed by atoms with Crippen molar-refractivity contribution in [2.45, 2.75) is 0 Å². The Morgan fingerprint density at radius 2 is 2.17 bits per heavy atom. The molecule has 0 aliphatic carbocycles. The van der Waals surface area contributed by atoms with Crippen molar-refractivity contribution in [1.29, 1.82) is 0 Å². The maximum absolute atomic E-state index is 13.5. The van der Waals surface area contributed by atoms with E-state index in [1.54, 1.807) is 29.4 Å². The maximum Gasteiger partial charge on any atom is 0.253 e. The largest absolute Gasteiger partial charge is 0.379 e. The van der Waals surface area contributed by atoms with Gasteiger partial charge in [-0.2, -0.15) is 0 Å². The zero-order chi connectivity index (χ0) is 16.1. The lowest BCUT2D eigenvalue weighted by atomic mass is 10.1. The zero-order valence-electron chi connectivity index (χ0n) is 12.7. The third-order valence-corrected chi connectivity index (χ3v) is 3.80. The SMILES string of the molecule is O=C(NCCN1CCOCC1)c1cc(F)ccc1-n1ccnc1. The van der Waals surface area contributed by atoms with Gasteiger partial charge in [0.2, 0.25) is 0 Å². The summed E-state index contributed by atoms with van der Waals surface area (Å²) in [5, 5.41) is 2.85. The van der Waals surface area contributed by atoms with Crippen molar-refractivity contribution in [3.63, 3.8) is 0 Å². The molecule has 1 fully saturated rings. The molecule has 1 aliphatic rings. The Kier molecular flexibility index (Phi) is 4.99. The minimum absolute atomic E-state index is 0.290. The van der Waals surface area contributed by atoms with Crippen LogP contribution in [0.1, 0.15) is 10.4 Å². The van der Waals surface area contributed by atoms with Gasteiger partial charge in [0.25, 0.3) is 5.91 Å². The average Bonchev–Trinajstić information content (AvgIpc) is 3.10. The van der Waals surface area contributed by atoms with Crippen LogP contribution in [0.4, 0.5) is 4.39 Å². The molecule has 1 aliphatic heterocycles. The van der Waals surface area contributed by atoms with Gasteiger partial charge < -0.3 is 14.6 Å². The van der Waals surface area contributed by atoms with E-state index in [1.165, 1.54) is 12.1 Å². The second-order valence-corrected chi connectivity index (χ2v) is 5.34. The number of halogens is 1. The fourth-order valence-electron chi connectivity index (χ4n) is 2.56. The van der Waals surface area contributed by atoms with E-state index in [0.717, 1.165) is 32.8 Å². The number of rotatable bonds is 5. The molecule has 0 unspecified atom stereocenters. The van der Waals surface area contributed by atoms with Crippen LogP contribution >= 0.6 is 0 Å². The van der Waals surface area contributed by atoms with Gasteiger partial charge in [0.1, 0.15) is 5.82 Å². The smallest absolute Gasteiger partial charge is 0.253 e. The highest BCUT2D eigenvalue weighted by atomic mass is 19.1. The lowest BCUT2D eigenvalue weighted by Gasteiger charge is -2.26. The van der Waals surface area contributed by atoms with Gasteiger partial charge in [-0.05, 0) is 18.2 Å². The van der Waals surface area contributed by atoms with Crippen molar-refractivity contribution in [2.75, 3.05) is 39.4 Å². The monoisotopic (exact) mass is 318 g/mol. The number of carbonyl (C=O) groups is 1. The highest BCUT2D eigenvalue weighted by Gasteiger charge is 2.15. The predicted octanol–water partition coefficient (Wildman–Crippen LogP) is 1.07. The molecule has 0 bridgehead atoms. The van der Waals surface area contributed by atoms with Gasteiger partial charge in [-0.3, -0.25) is 9.69 Å². The van der Waals surface area contributed by atoms with Gasteiger partial charge >= 0.3 is 0 Å². The Labute approximate surface area is 133 Å². The minimum Gasteiger partial charge on any atom is -0.379 e. The predicted molar refractivity (Wildman–Crippen MR) is 83.1 cm³/mol. The molecule has 0 saturated carbocycles. The molecule has 3 rings (SSSR count). The number of nitrogens with one attached hydrogen (secondary N) is 1. The number of imidazole rings is 1. The molecular formula is C16H19FN4O2. The molecule has 6 nitrogen and oxygen atoms in total. The molecule has 0 radical (unpaired) electrons. The number of benzene rings is 1. The minimum atomic E-state index is -0.438. The van der Waals surface area contributed by atoms with E-state index in [0.29, 0.717) is 17.8 Å². The molecule has 2 heterocycles. The molecule has 0 spiro atoms. The van der Waals surface area contributed by atoms with Crippen molar-refractivity contribution < 1.29 is 13.9 Å². The van der Waals surface area contributed by atoms with E-state index < -0.39 is 5.82 Å². The Bertz CT molecular complexity index is 654. The maximum atomic E-state index is 13.5. The van der Waals surface area contributed by atoms with Crippen molar-refractivity contribution in [2.24, 2.45) is 0 Å². The first-order valence-electron chi connectivity index (χ1n) is 7.60. The normalized spacial score (nSPS) is 15.5. The van der Waals surface area contributed by atoms with Crippen LogP contribution in [-0.4, -0.2) is 59.8 Å². The van der Waals surface area contributed by atoms with Gasteiger partial charge in [0, 0.05) is 38.6 Å². The molecule has 1 aromatic heterocycles. The lowest BCUT2D eigenvalue weighted by molar-refractivity contribution is 0.0383. The molecule has 122 valence electrons. The molecule has 23 heavy (non-hydrogen) atoms. The fraction of sp³-hybridized carbons (Fsp3) is 0.375. The summed E-state index contributed by atoms with van der Waals surface area (Å²) < 4.78 is 20.5. The van der Waals surface area contributed by atoms with Gasteiger partial charge in [0.05, 0.1) is 30.8 Å². The zero-order valence-corrected chi connectivity index (χ0v) is 12.7. The summed E-state index contributed by atoms with van der Waals surface area (Å²) in [6.45, 7) is 4.46. The molecule has 1 aromatic carbocycles. The summed E-state index contributed by atoms with van der Waals surface area (Å²) in [7, 11) is 0. The summed E-state index contributed by atoms with van der Waals surface area (Å²) in [5.41, 5.74) is 0.901. The summed E-state index contributed by atoms with van der Waals surface area (Å²) in [6, 6.07) is 4.16. The number of nitrogens with zero attached hydrogens (tertiary/aromatic N) is 3. The Hall–Kier alpha value is -2.25. The Morgan fingerprint density at radius 1 is 1.35 bits per heavy atom. The van der Waals surface area contributed by atoms with Gasteiger partial charge in [-0.15, -0.1) is 0 Å². The number of hydrogen-bond donors (Lipinski definition) is 1.